The predicted octanol–water partition coefficient (Wildman–Crippen LogP) is 2.43. The zero-order valence-electron chi connectivity index (χ0n) is 17.2. The number of benzene rings is 2. The van der Waals surface area contributed by atoms with E-state index in [9.17, 15) is 9.59 Å². The van der Waals surface area contributed by atoms with Gasteiger partial charge in [0.1, 0.15) is 0 Å². The van der Waals surface area contributed by atoms with E-state index in [0.717, 1.165) is 37.4 Å². The molecule has 0 bridgehead atoms. The van der Waals surface area contributed by atoms with Crippen molar-refractivity contribution >= 4 is 17.5 Å². The number of rotatable bonds is 7. The van der Waals surface area contributed by atoms with Gasteiger partial charge in [-0.25, -0.2) is 0 Å². The first-order chi connectivity index (χ1) is 14.0. The Bertz CT molecular complexity index is 799. The van der Waals surface area contributed by atoms with Crippen molar-refractivity contribution in [1.29, 1.82) is 0 Å². The van der Waals surface area contributed by atoms with E-state index in [1.54, 1.807) is 0 Å². The summed E-state index contributed by atoms with van der Waals surface area (Å²) in [5, 5.41) is 6.00. The number of carbonyl (C=O) groups excluding carboxylic acids is 2. The summed E-state index contributed by atoms with van der Waals surface area (Å²) in [6.45, 7) is 7.91. The smallest absolute Gasteiger partial charge is 0.238 e. The molecule has 3 rings (SSSR count). The van der Waals surface area contributed by atoms with Crippen LogP contribution in [0.25, 0.3) is 0 Å². The number of anilines is 1. The molecule has 2 aromatic carbocycles. The van der Waals surface area contributed by atoms with Gasteiger partial charge in [-0.1, -0.05) is 48.0 Å². The third-order valence-electron chi connectivity index (χ3n) is 5.21. The van der Waals surface area contributed by atoms with Gasteiger partial charge in [0.15, 0.2) is 0 Å². The summed E-state index contributed by atoms with van der Waals surface area (Å²) in [7, 11) is 0. The summed E-state index contributed by atoms with van der Waals surface area (Å²) >= 11 is 0. The minimum Gasteiger partial charge on any atom is -0.348 e. The van der Waals surface area contributed by atoms with Crippen LogP contribution in [0.3, 0.4) is 0 Å². The van der Waals surface area contributed by atoms with Crippen LogP contribution in [0.5, 0.6) is 0 Å². The molecule has 154 valence electrons. The fourth-order valence-electron chi connectivity index (χ4n) is 3.46. The number of hydrogen-bond acceptors (Lipinski definition) is 4. The maximum absolute atomic E-state index is 12.4. The van der Waals surface area contributed by atoms with E-state index in [1.165, 1.54) is 5.56 Å². The summed E-state index contributed by atoms with van der Waals surface area (Å²) in [6.07, 6.45) is 0. The van der Waals surface area contributed by atoms with E-state index in [0.29, 0.717) is 13.1 Å². The molecule has 2 N–H and O–H groups in total. The highest BCUT2D eigenvalue weighted by Gasteiger charge is 2.21. The first kappa shape index (κ1) is 21.0. The van der Waals surface area contributed by atoms with Gasteiger partial charge in [-0.05, 0) is 31.5 Å². The normalized spacial score (nSPS) is 16.2. The Kier molecular flexibility index (Phi) is 7.38. The molecule has 0 aromatic heterocycles. The van der Waals surface area contributed by atoms with E-state index >= 15 is 0 Å². The Hall–Kier alpha value is -2.70. The van der Waals surface area contributed by atoms with Gasteiger partial charge in [0.05, 0.1) is 19.1 Å². The molecule has 29 heavy (non-hydrogen) atoms. The number of piperazine rings is 1. The molecule has 0 radical (unpaired) electrons. The highest BCUT2D eigenvalue weighted by atomic mass is 16.2. The van der Waals surface area contributed by atoms with E-state index in [4.69, 9.17) is 0 Å². The van der Waals surface area contributed by atoms with Crippen molar-refractivity contribution in [2.45, 2.75) is 19.9 Å². The molecule has 1 aliphatic rings. The van der Waals surface area contributed by atoms with Gasteiger partial charge in [-0.3, -0.25) is 19.4 Å². The van der Waals surface area contributed by atoms with Crippen LogP contribution in [-0.2, 0) is 9.59 Å². The van der Waals surface area contributed by atoms with Crippen LogP contribution in [0.15, 0.2) is 54.6 Å². The molecule has 6 heteroatoms. The maximum Gasteiger partial charge on any atom is 0.238 e. The molecule has 2 amide bonds. The molecule has 1 atom stereocenters. The standard InChI is InChI=1S/C23H30N4O2/c1-18-8-10-21(11-9-18)25-23(29)17-27-14-12-26(13-15-27)16-22(28)24-19(2)20-6-4-3-5-7-20/h3-11,19H,12-17H2,1-2H3,(H,24,28)(H,25,29)/t19-/m1/s1. The van der Waals surface area contributed by atoms with E-state index in [-0.39, 0.29) is 17.9 Å². The minimum absolute atomic E-state index is 0.00303. The quantitative estimate of drug-likeness (QED) is 0.757. The molecular formula is C23H30N4O2. The van der Waals surface area contributed by atoms with Crippen LogP contribution < -0.4 is 10.6 Å². The van der Waals surface area contributed by atoms with Gasteiger partial charge in [-0.15, -0.1) is 0 Å². The van der Waals surface area contributed by atoms with Crippen molar-refractivity contribution in [2.75, 3.05) is 44.6 Å². The molecule has 0 unspecified atom stereocenters. The summed E-state index contributed by atoms with van der Waals surface area (Å²) < 4.78 is 0. The molecular weight excluding hydrogens is 364 g/mol. The molecule has 1 heterocycles. The highest BCUT2D eigenvalue weighted by Crippen LogP contribution is 2.11. The van der Waals surface area contributed by atoms with Gasteiger partial charge in [0.25, 0.3) is 0 Å². The summed E-state index contributed by atoms with van der Waals surface area (Å²) in [5.74, 6) is 0.0312. The Morgan fingerprint density at radius 1 is 0.862 bits per heavy atom. The van der Waals surface area contributed by atoms with Crippen LogP contribution in [-0.4, -0.2) is 60.9 Å². The van der Waals surface area contributed by atoms with Crippen molar-refractivity contribution in [3.05, 3.63) is 65.7 Å². The fraction of sp³-hybridized carbons (Fsp3) is 0.391. The van der Waals surface area contributed by atoms with Crippen LogP contribution in [0.2, 0.25) is 0 Å². The third kappa shape index (κ3) is 6.69. The Labute approximate surface area is 172 Å². The van der Waals surface area contributed by atoms with Crippen molar-refractivity contribution in [2.24, 2.45) is 0 Å². The topological polar surface area (TPSA) is 64.7 Å². The van der Waals surface area contributed by atoms with Crippen LogP contribution >= 0.6 is 0 Å². The Balaban J connectivity index is 1.37. The number of nitrogens with zero attached hydrogens (tertiary/aromatic N) is 2. The minimum atomic E-state index is -0.00420. The number of aryl methyl sites for hydroxylation is 1. The number of amides is 2. The lowest BCUT2D eigenvalue weighted by Crippen LogP contribution is -2.51. The van der Waals surface area contributed by atoms with E-state index in [2.05, 4.69) is 20.4 Å². The fourth-order valence-corrected chi connectivity index (χ4v) is 3.46. The van der Waals surface area contributed by atoms with E-state index < -0.39 is 0 Å². The van der Waals surface area contributed by atoms with Gasteiger partial charge >= 0.3 is 0 Å². The lowest BCUT2D eigenvalue weighted by molar-refractivity contribution is -0.124. The highest BCUT2D eigenvalue weighted by molar-refractivity contribution is 5.92. The second-order valence-corrected chi connectivity index (χ2v) is 7.67. The van der Waals surface area contributed by atoms with Gasteiger partial charge < -0.3 is 10.6 Å². The zero-order valence-corrected chi connectivity index (χ0v) is 17.2. The second-order valence-electron chi connectivity index (χ2n) is 7.67. The molecule has 6 nitrogen and oxygen atoms in total. The number of carbonyl (C=O) groups is 2. The SMILES string of the molecule is Cc1ccc(NC(=O)CN2CCN(CC(=O)N[C@H](C)c3ccccc3)CC2)cc1. The molecule has 1 fully saturated rings. The van der Waals surface area contributed by atoms with Crippen molar-refractivity contribution < 1.29 is 9.59 Å². The van der Waals surface area contributed by atoms with Crippen molar-refractivity contribution in [3.63, 3.8) is 0 Å². The lowest BCUT2D eigenvalue weighted by atomic mass is 10.1. The maximum atomic E-state index is 12.4. The Morgan fingerprint density at radius 3 is 2.00 bits per heavy atom. The number of nitrogens with one attached hydrogen (secondary N) is 2. The first-order valence-electron chi connectivity index (χ1n) is 10.1. The predicted molar refractivity (Wildman–Crippen MR) is 116 cm³/mol. The van der Waals surface area contributed by atoms with Crippen LogP contribution in [0, 0.1) is 6.92 Å². The average Bonchev–Trinajstić information content (AvgIpc) is 2.72. The summed E-state index contributed by atoms with van der Waals surface area (Å²) in [4.78, 5) is 28.9. The van der Waals surface area contributed by atoms with Gasteiger partial charge in [-0.2, -0.15) is 0 Å². The first-order valence-corrected chi connectivity index (χ1v) is 10.1. The third-order valence-corrected chi connectivity index (χ3v) is 5.21. The average molecular weight is 395 g/mol. The summed E-state index contributed by atoms with van der Waals surface area (Å²) in [6, 6.07) is 17.8. The molecule has 1 aliphatic heterocycles. The van der Waals surface area contributed by atoms with Crippen molar-refractivity contribution in [1.82, 2.24) is 15.1 Å². The molecule has 2 aromatic rings. The molecule has 0 aliphatic carbocycles. The monoisotopic (exact) mass is 394 g/mol. The molecule has 0 saturated carbocycles. The Morgan fingerprint density at radius 2 is 1.41 bits per heavy atom. The van der Waals surface area contributed by atoms with Gasteiger partial charge in [0, 0.05) is 31.9 Å². The second kappa shape index (κ2) is 10.2. The largest absolute Gasteiger partial charge is 0.348 e. The molecule has 1 saturated heterocycles. The van der Waals surface area contributed by atoms with Crippen LogP contribution in [0.1, 0.15) is 24.1 Å². The number of hydrogen-bond donors (Lipinski definition) is 2. The van der Waals surface area contributed by atoms with Crippen molar-refractivity contribution in [3.8, 4) is 0 Å². The molecule has 0 spiro atoms. The van der Waals surface area contributed by atoms with E-state index in [1.807, 2.05) is 68.4 Å². The van der Waals surface area contributed by atoms with Crippen LogP contribution in [0.4, 0.5) is 5.69 Å². The van der Waals surface area contributed by atoms with Gasteiger partial charge in [0.2, 0.25) is 11.8 Å². The summed E-state index contributed by atoms with van der Waals surface area (Å²) in [5.41, 5.74) is 3.09. The lowest BCUT2D eigenvalue weighted by Gasteiger charge is -2.34. The zero-order chi connectivity index (χ0) is 20.6.